The van der Waals surface area contributed by atoms with Crippen LogP contribution in [0.25, 0.3) is 0 Å². The minimum atomic E-state index is -0.664. The fourth-order valence-electron chi connectivity index (χ4n) is 2.02. The zero-order valence-corrected chi connectivity index (χ0v) is 13.0. The zero-order valence-electron chi connectivity index (χ0n) is 13.0. The van der Waals surface area contributed by atoms with E-state index in [1.54, 1.807) is 0 Å². The number of hydrogen-bond acceptors (Lipinski definition) is 3. The standard InChI is InChI=1S/C18H18FNO3/c1-12-3-5-14(6-4-12)13(2)20-17(21)11-23-18(22)15-7-9-16(19)10-8-15/h3-10,13H,11H2,1-2H3,(H,20,21)/t13-/m0/s1. The molecule has 4 nitrogen and oxygen atoms in total. The highest BCUT2D eigenvalue weighted by Crippen LogP contribution is 2.13. The number of esters is 1. The van der Waals surface area contributed by atoms with Gasteiger partial charge >= 0.3 is 5.97 Å². The van der Waals surface area contributed by atoms with E-state index >= 15 is 0 Å². The maximum absolute atomic E-state index is 12.8. The fraction of sp³-hybridized carbons (Fsp3) is 0.222. The summed E-state index contributed by atoms with van der Waals surface area (Å²) in [6.45, 7) is 3.46. The van der Waals surface area contributed by atoms with Gasteiger partial charge in [-0.05, 0) is 43.7 Å². The van der Waals surface area contributed by atoms with Gasteiger partial charge in [-0.3, -0.25) is 4.79 Å². The quantitative estimate of drug-likeness (QED) is 0.862. The van der Waals surface area contributed by atoms with Crippen molar-refractivity contribution in [1.29, 1.82) is 0 Å². The Labute approximate surface area is 134 Å². The number of nitrogens with one attached hydrogen (secondary N) is 1. The van der Waals surface area contributed by atoms with E-state index in [4.69, 9.17) is 4.74 Å². The second-order valence-corrected chi connectivity index (χ2v) is 5.28. The molecule has 1 amide bonds. The van der Waals surface area contributed by atoms with E-state index in [0.29, 0.717) is 0 Å². The molecule has 0 aliphatic heterocycles. The van der Waals surface area contributed by atoms with Crippen molar-refractivity contribution in [3.63, 3.8) is 0 Å². The van der Waals surface area contributed by atoms with E-state index in [1.807, 2.05) is 38.1 Å². The summed E-state index contributed by atoms with van der Waals surface area (Å²) in [4.78, 5) is 23.6. The van der Waals surface area contributed by atoms with Crippen LogP contribution in [0.2, 0.25) is 0 Å². The highest BCUT2D eigenvalue weighted by Gasteiger charge is 2.13. The van der Waals surface area contributed by atoms with Crippen molar-refractivity contribution in [3.05, 3.63) is 71.0 Å². The molecule has 0 aliphatic rings. The Morgan fingerprint density at radius 2 is 1.70 bits per heavy atom. The molecule has 120 valence electrons. The highest BCUT2D eigenvalue weighted by atomic mass is 19.1. The summed E-state index contributed by atoms with van der Waals surface area (Å²) in [5.41, 5.74) is 2.31. The first-order valence-corrected chi connectivity index (χ1v) is 7.24. The minimum absolute atomic E-state index is 0.187. The van der Waals surface area contributed by atoms with Gasteiger partial charge in [0.15, 0.2) is 6.61 Å². The van der Waals surface area contributed by atoms with Gasteiger partial charge in [-0.15, -0.1) is 0 Å². The van der Waals surface area contributed by atoms with Crippen LogP contribution in [0, 0.1) is 12.7 Å². The molecule has 0 aromatic heterocycles. The molecule has 0 fully saturated rings. The van der Waals surface area contributed by atoms with Crippen LogP contribution in [-0.4, -0.2) is 18.5 Å². The van der Waals surface area contributed by atoms with Crippen LogP contribution < -0.4 is 5.32 Å². The molecule has 0 bridgehead atoms. The largest absolute Gasteiger partial charge is 0.452 e. The fourth-order valence-corrected chi connectivity index (χ4v) is 2.02. The average molecular weight is 315 g/mol. The maximum Gasteiger partial charge on any atom is 0.338 e. The highest BCUT2D eigenvalue weighted by molar-refractivity contribution is 5.91. The molecule has 1 N–H and O–H groups in total. The summed E-state index contributed by atoms with van der Waals surface area (Å²) < 4.78 is 17.7. The molecular formula is C18H18FNO3. The number of rotatable bonds is 5. The summed E-state index contributed by atoms with van der Waals surface area (Å²) in [5.74, 6) is -1.50. The number of aryl methyl sites for hydroxylation is 1. The van der Waals surface area contributed by atoms with Crippen molar-refractivity contribution >= 4 is 11.9 Å². The minimum Gasteiger partial charge on any atom is -0.452 e. The van der Waals surface area contributed by atoms with E-state index in [1.165, 1.54) is 12.1 Å². The first-order chi connectivity index (χ1) is 11.0. The van der Waals surface area contributed by atoms with Crippen LogP contribution in [-0.2, 0) is 9.53 Å². The van der Waals surface area contributed by atoms with Gasteiger partial charge in [0.2, 0.25) is 0 Å². The number of benzene rings is 2. The molecule has 23 heavy (non-hydrogen) atoms. The molecule has 0 saturated heterocycles. The Morgan fingerprint density at radius 3 is 2.30 bits per heavy atom. The van der Waals surface area contributed by atoms with Crippen molar-refractivity contribution in [1.82, 2.24) is 5.32 Å². The molecule has 2 rings (SSSR count). The SMILES string of the molecule is Cc1ccc([C@H](C)NC(=O)COC(=O)c2ccc(F)cc2)cc1. The summed E-state index contributed by atoms with van der Waals surface area (Å²) in [6, 6.07) is 12.6. The molecule has 2 aromatic carbocycles. The van der Waals surface area contributed by atoms with Crippen molar-refractivity contribution in [2.45, 2.75) is 19.9 Å². The first-order valence-electron chi connectivity index (χ1n) is 7.24. The topological polar surface area (TPSA) is 55.4 Å². The van der Waals surface area contributed by atoms with E-state index < -0.39 is 17.7 Å². The Morgan fingerprint density at radius 1 is 1.09 bits per heavy atom. The van der Waals surface area contributed by atoms with E-state index in [-0.39, 0.29) is 18.2 Å². The third-order valence-electron chi connectivity index (χ3n) is 3.37. The Bertz CT molecular complexity index is 680. The number of ether oxygens (including phenoxy) is 1. The van der Waals surface area contributed by atoms with Crippen molar-refractivity contribution in [3.8, 4) is 0 Å². The summed E-state index contributed by atoms with van der Waals surface area (Å²) in [6.07, 6.45) is 0. The Kier molecular flexibility index (Phi) is 5.46. The molecule has 0 spiro atoms. The van der Waals surface area contributed by atoms with Gasteiger partial charge in [0.1, 0.15) is 5.82 Å². The Balaban J connectivity index is 1.83. The lowest BCUT2D eigenvalue weighted by molar-refractivity contribution is -0.124. The molecule has 0 aliphatic carbocycles. The van der Waals surface area contributed by atoms with Crippen LogP contribution in [0.1, 0.15) is 34.5 Å². The average Bonchev–Trinajstić information content (AvgIpc) is 2.54. The molecule has 2 aromatic rings. The number of carbonyl (C=O) groups excluding carboxylic acids is 2. The van der Waals surface area contributed by atoms with Crippen molar-refractivity contribution in [2.24, 2.45) is 0 Å². The van der Waals surface area contributed by atoms with Gasteiger partial charge in [-0.1, -0.05) is 29.8 Å². The lowest BCUT2D eigenvalue weighted by Gasteiger charge is -2.14. The first kappa shape index (κ1) is 16.7. The summed E-state index contributed by atoms with van der Waals surface area (Å²) in [5, 5.41) is 2.76. The van der Waals surface area contributed by atoms with Crippen LogP contribution >= 0.6 is 0 Å². The molecule has 0 heterocycles. The third-order valence-corrected chi connectivity index (χ3v) is 3.37. The summed E-state index contributed by atoms with van der Waals surface area (Å²) >= 11 is 0. The molecule has 0 unspecified atom stereocenters. The van der Waals surface area contributed by atoms with Crippen LogP contribution in [0.4, 0.5) is 4.39 Å². The zero-order chi connectivity index (χ0) is 16.8. The van der Waals surface area contributed by atoms with Gasteiger partial charge in [0, 0.05) is 0 Å². The summed E-state index contributed by atoms with van der Waals surface area (Å²) in [7, 11) is 0. The molecule has 5 heteroatoms. The number of amides is 1. The van der Waals surface area contributed by atoms with E-state index in [0.717, 1.165) is 23.3 Å². The molecule has 0 radical (unpaired) electrons. The second kappa shape index (κ2) is 7.54. The predicted octanol–water partition coefficient (Wildman–Crippen LogP) is 3.17. The smallest absolute Gasteiger partial charge is 0.338 e. The predicted molar refractivity (Wildman–Crippen MR) is 84.4 cm³/mol. The number of halogens is 1. The van der Waals surface area contributed by atoms with Gasteiger partial charge in [0.25, 0.3) is 5.91 Å². The monoisotopic (exact) mass is 315 g/mol. The molecular weight excluding hydrogens is 297 g/mol. The van der Waals surface area contributed by atoms with Gasteiger partial charge in [-0.2, -0.15) is 0 Å². The number of carbonyl (C=O) groups is 2. The lowest BCUT2D eigenvalue weighted by atomic mass is 10.1. The van der Waals surface area contributed by atoms with Crippen molar-refractivity contribution in [2.75, 3.05) is 6.61 Å². The van der Waals surface area contributed by atoms with E-state index in [2.05, 4.69) is 5.32 Å². The van der Waals surface area contributed by atoms with E-state index in [9.17, 15) is 14.0 Å². The van der Waals surface area contributed by atoms with Crippen LogP contribution in [0.15, 0.2) is 48.5 Å². The third kappa shape index (κ3) is 4.92. The van der Waals surface area contributed by atoms with Gasteiger partial charge < -0.3 is 10.1 Å². The van der Waals surface area contributed by atoms with Gasteiger partial charge in [0.05, 0.1) is 11.6 Å². The maximum atomic E-state index is 12.8. The van der Waals surface area contributed by atoms with Crippen molar-refractivity contribution < 1.29 is 18.7 Å². The van der Waals surface area contributed by atoms with Crippen LogP contribution in [0.5, 0.6) is 0 Å². The second-order valence-electron chi connectivity index (χ2n) is 5.28. The molecule has 0 saturated carbocycles. The van der Waals surface area contributed by atoms with Gasteiger partial charge in [-0.25, -0.2) is 9.18 Å². The molecule has 1 atom stereocenters. The Hall–Kier alpha value is -2.69. The lowest BCUT2D eigenvalue weighted by Crippen LogP contribution is -2.31. The van der Waals surface area contributed by atoms with Crippen LogP contribution in [0.3, 0.4) is 0 Å². The normalized spacial score (nSPS) is 11.6. The number of hydrogen-bond donors (Lipinski definition) is 1.